The highest BCUT2D eigenvalue weighted by Crippen LogP contribution is 2.40. The molecule has 1 saturated heterocycles. The number of anilines is 1. The Morgan fingerprint density at radius 1 is 1.26 bits per heavy atom. The third-order valence-electron chi connectivity index (χ3n) is 4.02. The normalized spacial score (nSPS) is 17.8. The molecule has 0 bridgehead atoms. The van der Waals surface area contributed by atoms with Gasteiger partial charge in [0.25, 0.3) is 0 Å². The maximum absolute atomic E-state index is 13.0. The molecule has 1 amide bonds. The van der Waals surface area contributed by atoms with Gasteiger partial charge in [0.2, 0.25) is 5.91 Å². The van der Waals surface area contributed by atoms with Crippen molar-refractivity contribution in [3.8, 4) is 0 Å². The highest BCUT2D eigenvalue weighted by molar-refractivity contribution is 8.24. The van der Waals surface area contributed by atoms with Crippen molar-refractivity contribution in [2.24, 2.45) is 0 Å². The SMILES string of the molecule is COC(=O)[C@H](Sc1ccccc1N)[C@H]1SC(=S)N(Cc2ccccc2)C1=O. The predicted molar refractivity (Wildman–Crippen MR) is 113 cm³/mol. The number of nitrogen functional groups attached to an aromatic ring is 1. The summed E-state index contributed by atoms with van der Waals surface area (Å²) in [5.74, 6) is -0.662. The average Bonchev–Trinajstić information content (AvgIpc) is 2.95. The summed E-state index contributed by atoms with van der Waals surface area (Å²) >= 11 is 7.86. The number of carbonyl (C=O) groups is 2. The molecule has 3 rings (SSSR count). The predicted octanol–water partition coefficient (Wildman–Crippen LogP) is 3.33. The second-order valence-electron chi connectivity index (χ2n) is 5.81. The largest absolute Gasteiger partial charge is 0.468 e. The Labute approximate surface area is 171 Å². The lowest BCUT2D eigenvalue weighted by atomic mass is 10.2. The fraction of sp³-hybridized carbons (Fsp3) is 0.211. The first-order chi connectivity index (χ1) is 13.0. The third-order valence-corrected chi connectivity index (χ3v) is 7.20. The van der Waals surface area contributed by atoms with Crippen LogP contribution in [0, 0.1) is 0 Å². The molecule has 1 aliphatic heterocycles. The maximum Gasteiger partial charge on any atom is 0.320 e. The van der Waals surface area contributed by atoms with Gasteiger partial charge in [-0.05, 0) is 17.7 Å². The van der Waals surface area contributed by atoms with Crippen LogP contribution in [-0.4, -0.2) is 38.7 Å². The van der Waals surface area contributed by atoms with Crippen molar-refractivity contribution in [1.29, 1.82) is 0 Å². The van der Waals surface area contributed by atoms with E-state index in [9.17, 15) is 9.59 Å². The lowest BCUT2D eigenvalue weighted by Crippen LogP contribution is -2.38. The van der Waals surface area contributed by atoms with Crippen molar-refractivity contribution in [1.82, 2.24) is 4.90 Å². The summed E-state index contributed by atoms with van der Waals surface area (Å²) in [6.07, 6.45) is 0. The zero-order valence-electron chi connectivity index (χ0n) is 14.5. The summed E-state index contributed by atoms with van der Waals surface area (Å²) in [5, 5.41) is -1.39. The van der Waals surface area contributed by atoms with E-state index in [0.29, 0.717) is 16.6 Å². The lowest BCUT2D eigenvalue weighted by molar-refractivity contribution is -0.141. The minimum atomic E-state index is -0.740. The van der Waals surface area contributed by atoms with E-state index >= 15 is 0 Å². The molecule has 2 aromatic rings. The highest BCUT2D eigenvalue weighted by atomic mass is 32.2. The number of thioether (sulfide) groups is 2. The molecule has 8 heteroatoms. The van der Waals surface area contributed by atoms with Gasteiger partial charge in [-0.3, -0.25) is 14.5 Å². The molecule has 0 aliphatic carbocycles. The van der Waals surface area contributed by atoms with E-state index in [0.717, 1.165) is 10.5 Å². The van der Waals surface area contributed by atoms with E-state index in [4.69, 9.17) is 22.7 Å². The molecule has 5 nitrogen and oxygen atoms in total. The van der Waals surface area contributed by atoms with E-state index in [-0.39, 0.29) is 5.91 Å². The summed E-state index contributed by atoms with van der Waals surface area (Å²) in [6, 6.07) is 16.8. The number of thiocarbonyl (C=S) groups is 1. The molecule has 1 fully saturated rings. The van der Waals surface area contributed by atoms with Gasteiger partial charge in [-0.1, -0.05) is 66.4 Å². The number of hydrogen-bond acceptors (Lipinski definition) is 7. The van der Waals surface area contributed by atoms with Gasteiger partial charge >= 0.3 is 5.97 Å². The van der Waals surface area contributed by atoms with Crippen LogP contribution >= 0.6 is 35.7 Å². The van der Waals surface area contributed by atoms with Crippen molar-refractivity contribution < 1.29 is 14.3 Å². The van der Waals surface area contributed by atoms with Crippen LogP contribution in [0.25, 0.3) is 0 Å². The van der Waals surface area contributed by atoms with E-state index in [1.54, 1.807) is 11.0 Å². The molecule has 0 aromatic heterocycles. The first kappa shape index (κ1) is 19.7. The first-order valence-corrected chi connectivity index (χ1v) is 10.3. The van der Waals surface area contributed by atoms with Crippen LogP contribution in [0.5, 0.6) is 0 Å². The lowest BCUT2D eigenvalue weighted by Gasteiger charge is -2.20. The minimum Gasteiger partial charge on any atom is -0.468 e. The number of esters is 1. The number of nitrogens with two attached hydrogens (primary N) is 1. The Kier molecular flexibility index (Phi) is 6.41. The number of rotatable bonds is 6. The van der Waals surface area contributed by atoms with E-state index in [2.05, 4.69) is 0 Å². The van der Waals surface area contributed by atoms with Gasteiger partial charge in [0.05, 0.1) is 13.7 Å². The van der Waals surface area contributed by atoms with Gasteiger partial charge in [0, 0.05) is 10.6 Å². The monoisotopic (exact) mass is 418 g/mol. The van der Waals surface area contributed by atoms with Crippen LogP contribution in [-0.2, 0) is 20.9 Å². The molecule has 0 unspecified atom stereocenters. The molecule has 0 spiro atoms. The fourth-order valence-electron chi connectivity index (χ4n) is 2.64. The van der Waals surface area contributed by atoms with E-state index in [1.165, 1.54) is 30.6 Å². The second kappa shape index (κ2) is 8.77. The number of hydrogen-bond donors (Lipinski definition) is 1. The number of methoxy groups -OCH3 is 1. The van der Waals surface area contributed by atoms with Gasteiger partial charge in [-0.2, -0.15) is 0 Å². The van der Waals surface area contributed by atoms with Gasteiger partial charge in [0.1, 0.15) is 14.8 Å². The Morgan fingerprint density at radius 2 is 1.93 bits per heavy atom. The van der Waals surface area contributed by atoms with Gasteiger partial charge in [-0.15, -0.1) is 11.8 Å². The molecular formula is C19H18N2O3S3. The molecule has 140 valence electrons. The van der Waals surface area contributed by atoms with Gasteiger partial charge < -0.3 is 10.5 Å². The number of benzene rings is 2. The third kappa shape index (κ3) is 4.45. The molecule has 0 saturated carbocycles. The minimum absolute atomic E-state index is 0.189. The van der Waals surface area contributed by atoms with Crippen LogP contribution in [0.2, 0.25) is 0 Å². The van der Waals surface area contributed by atoms with Crippen LogP contribution in [0.4, 0.5) is 5.69 Å². The first-order valence-electron chi connectivity index (χ1n) is 8.16. The van der Waals surface area contributed by atoms with Crippen molar-refractivity contribution in [2.75, 3.05) is 12.8 Å². The maximum atomic E-state index is 13.0. The van der Waals surface area contributed by atoms with Crippen LogP contribution < -0.4 is 5.73 Å². The molecule has 1 heterocycles. The van der Waals surface area contributed by atoms with Crippen molar-refractivity contribution in [3.63, 3.8) is 0 Å². The standard InChI is InChI=1S/C19H18N2O3S3/c1-24-18(23)16(26-14-10-6-5-9-13(14)20)15-17(22)21(19(25)27-15)11-12-7-3-2-4-8-12/h2-10,15-16H,11,20H2,1H3/t15-,16-/m1/s1. The smallest absolute Gasteiger partial charge is 0.320 e. The second-order valence-corrected chi connectivity index (χ2v) is 8.77. The number of carbonyl (C=O) groups excluding carboxylic acids is 2. The Balaban J connectivity index is 1.82. The summed E-state index contributed by atoms with van der Waals surface area (Å²) in [6.45, 7) is 0.383. The Hall–Kier alpha value is -2.03. The van der Waals surface area contributed by atoms with E-state index in [1.807, 2.05) is 48.5 Å². The quantitative estimate of drug-likeness (QED) is 0.334. The molecule has 1 aliphatic rings. The Morgan fingerprint density at radius 3 is 2.59 bits per heavy atom. The zero-order valence-corrected chi connectivity index (χ0v) is 17.0. The molecule has 2 N–H and O–H groups in total. The summed E-state index contributed by atoms with van der Waals surface area (Å²) < 4.78 is 5.41. The van der Waals surface area contributed by atoms with Crippen LogP contribution in [0.3, 0.4) is 0 Å². The van der Waals surface area contributed by atoms with Crippen LogP contribution in [0.1, 0.15) is 5.56 Å². The molecule has 27 heavy (non-hydrogen) atoms. The molecule has 0 radical (unpaired) electrons. The fourth-order valence-corrected chi connectivity index (χ4v) is 5.47. The van der Waals surface area contributed by atoms with Gasteiger partial charge in [-0.25, -0.2) is 0 Å². The van der Waals surface area contributed by atoms with E-state index < -0.39 is 16.5 Å². The van der Waals surface area contributed by atoms with Crippen LogP contribution in [0.15, 0.2) is 59.5 Å². The molecule has 2 aromatic carbocycles. The average molecular weight is 419 g/mol. The number of ether oxygens (including phenoxy) is 1. The Bertz CT molecular complexity index is 860. The summed E-state index contributed by atoms with van der Waals surface area (Å²) in [5.41, 5.74) is 7.53. The summed E-state index contributed by atoms with van der Waals surface area (Å²) in [4.78, 5) is 27.7. The highest BCUT2D eigenvalue weighted by Gasteiger charge is 2.45. The topological polar surface area (TPSA) is 72.6 Å². The van der Waals surface area contributed by atoms with Crippen molar-refractivity contribution in [3.05, 3.63) is 60.2 Å². The number of para-hydroxylation sites is 1. The van der Waals surface area contributed by atoms with Crippen molar-refractivity contribution >= 4 is 57.6 Å². The van der Waals surface area contributed by atoms with Crippen molar-refractivity contribution in [2.45, 2.75) is 21.9 Å². The van der Waals surface area contributed by atoms with Gasteiger partial charge in [0.15, 0.2) is 0 Å². The summed E-state index contributed by atoms with van der Waals surface area (Å²) in [7, 11) is 1.31. The zero-order chi connectivity index (χ0) is 19.4. The molecular weight excluding hydrogens is 400 g/mol. The number of amides is 1. The number of nitrogens with zero attached hydrogens (tertiary/aromatic N) is 1. The molecule has 2 atom stereocenters.